The maximum Gasteiger partial charge on any atom is 0.222 e. The van der Waals surface area contributed by atoms with Gasteiger partial charge >= 0.3 is 0 Å². The van der Waals surface area contributed by atoms with Gasteiger partial charge in [0.2, 0.25) is 5.91 Å². The minimum Gasteiger partial charge on any atom is -0.491 e. The van der Waals surface area contributed by atoms with Gasteiger partial charge in [0.25, 0.3) is 0 Å². The number of likely N-dealkylation sites (tertiary alicyclic amines) is 1. The number of carbonyl (C=O) groups is 1. The van der Waals surface area contributed by atoms with E-state index in [4.69, 9.17) is 4.74 Å². The fourth-order valence-electron chi connectivity index (χ4n) is 2.44. The first-order chi connectivity index (χ1) is 10.0. The molecular weight excluding hydrogens is 268 g/mol. The van der Waals surface area contributed by atoms with E-state index in [1.807, 2.05) is 38.2 Å². The van der Waals surface area contributed by atoms with E-state index in [0.29, 0.717) is 19.5 Å². The van der Waals surface area contributed by atoms with Crippen molar-refractivity contribution in [2.75, 3.05) is 26.7 Å². The van der Waals surface area contributed by atoms with Crippen LogP contribution in [0, 0.1) is 6.92 Å². The van der Waals surface area contributed by atoms with Gasteiger partial charge in [0.1, 0.15) is 18.5 Å². The zero-order chi connectivity index (χ0) is 15.2. The first-order valence-corrected chi connectivity index (χ1v) is 7.39. The standard InChI is InChI=1S/C16H24N2O3/c1-12-4-3-5-15(8-12)21-11-14(19)9-17-13-6-7-16(20)18(2)10-13/h3-5,8,13-14,17,19H,6-7,9-11H2,1-2H3. The van der Waals surface area contributed by atoms with Crippen LogP contribution < -0.4 is 10.1 Å². The van der Waals surface area contributed by atoms with Gasteiger partial charge in [-0.1, -0.05) is 12.1 Å². The Balaban J connectivity index is 1.68. The largest absolute Gasteiger partial charge is 0.491 e. The van der Waals surface area contributed by atoms with Gasteiger partial charge in [-0.25, -0.2) is 0 Å². The molecule has 1 aromatic carbocycles. The highest BCUT2D eigenvalue weighted by atomic mass is 16.5. The molecule has 0 aliphatic carbocycles. The number of aliphatic hydroxyl groups excluding tert-OH is 1. The second kappa shape index (κ2) is 7.43. The molecule has 1 fully saturated rings. The molecule has 1 aromatic rings. The summed E-state index contributed by atoms with van der Waals surface area (Å²) in [6, 6.07) is 8.02. The lowest BCUT2D eigenvalue weighted by Crippen LogP contribution is -2.48. The molecule has 5 nitrogen and oxygen atoms in total. The molecule has 0 saturated carbocycles. The molecule has 5 heteroatoms. The quantitative estimate of drug-likeness (QED) is 0.819. The van der Waals surface area contributed by atoms with Crippen LogP contribution in [0.25, 0.3) is 0 Å². The van der Waals surface area contributed by atoms with Crippen molar-refractivity contribution in [2.24, 2.45) is 0 Å². The van der Waals surface area contributed by atoms with Crippen molar-refractivity contribution in [1.29, 1.82) is 0 Å². The van der Waals surface area contributed by atoms with Crippen LogP contribution in [0.1, 0.15) is 18.4 Å². The SMILES string of the molecule is Cc1cccc(OCC(O)CNC2CCC(=O)N(C)C2)c1. The third kappa shape index (κ3) is 5.02. The van der Waals surface area contributed by atoms with Crippen molar-refractivity contribution in [3.63, 3.8) is 0 Å². The van der Waals surface area contributed by atoms with Gasteiger partial charge in [-0.2, -0.15) is 0 Å². The maximum atomic E-state index is 11.4. The summed E-state index contributed by atoms with van der Waals surface area (Å²) < 4.78 is 5.57. The number of carbonyl (C=O) groups excluding carboxylic acids is 1. The Kier molecular flexibility index (Phi) is 5.59. The van der Waals surface area contributed by atoms with Crippen LogP contribution in [0.4, 0.5) is 0 Å². The topological polar surface area (TPSA) is 61.8 Å². The Labute approximate surface area is 125 Å². The molecule has 21 heavy (non-hydrogen) atoms. The molecule has 0 spiro atoms. The molecule has 2 atom stereocenters. The summed E-state index contributed by atoms with van der Waals surface area (Å²) >= 11 is 0. The Morgan fingerprint density at radius 1 is 1.52 bits per heavy atom. The highest BCUT2D eigenvalue weighted by Crippen LogP contribution is 2.13. The minimum atomic E-state index is -0.562. The van der Waals surface area contributed by atoms with Gasteiger partial charge in [0, 0.05) is 32.6 Å². The van der Waals surface area contributed by atoms with Crippen LogP contribution in [-0.4, -0.2) is 54.8 Å². The van der Waals surface area contributed by atoms with Crippen molar-refractivity contribution in [1.82, 2.24) is 10.2 Å². The summed E-state index contributed by atoms with van der Waals surface area (Å²) in [4.78, 5) is 13.1. The number of nitrogens with zero attached hydrogens (tertiary/aromatic N) is 1. The predicted molar refractivity (Wildman–Crippen MR) is 81.3 cm³/mol. The van der Waals surface area contributed by atoms with Crippen LogP contribution in [0.3, 0.4) is 0 Å². The first kappa shape index (κ1) is 15.8. The van der Waals surface area contributed by atoms with Crippen LogP contribution >= 0.6 is 0 Å². The molecule has 1 aliphatic rings. The second-order valence-corrected chi connectivity index (χ2v) is 5.70. The summed E-state index contributed by atoms with van der Waals surface area (Å²) in [6.45, 7) is 3.44. The Morgan fingerprint density at radius 2 is 2.33 bits per heavy atom. The Morgan fingerprint density at radius 3 is 3.05 bits per heavy atom. The van der Waals surface area contributed by atoms with Gasteiger partial charge in [0.05, 0.1) is 0 Å². The zero-order valence-electron chi connectivity index (χ0n) is 12.7. The first-order valence-electron chi connectivity index (χ1n) is 7.39. The van der Waals surface area contributed by atoms with Crippen molar-refractivity contribution in [3.8, 4) is 5.75 Å². The van der Waals surface area contributed by atoms with Gasteiger partial charge in [0.15, 0.2) is 0 Å². The van der Waals surface area contributed by atoms with Crippen molar-refractivity contribution in [2.45, 2.75) is 31.9 Å². The molecule has 2 N–H and O–H groups in total. The van der Waals surface area contributed by atoms with Crippen LogP contribution in [0.15, 0.2) is 24.3 Å². The number of piperidine rings is 1. The van der Waals surface area contributed by atoms with E-state index in [0.717, 1.165) is 17.7 Å². The van der Waals surface area contributed by atoms with E-state index in [1.54, 1.807) is 4.90 Å². The van der Waals surface area contributed by atoms with E-state index in [-0.39, 0.29) is 18.6 Å². The maximum absolute atomic E-state index is 11.4. The predicted octanol–water partition coefficient (Wildman–Crippen LogP) is 0.945. The van der Waals surface area contributed by atoms with Crippen LogP contribution in [0.5, 0.6) is 5.75 Å². The lowest BCUT2D eigenvalue weighted by Gasteiger charge is -2.30. The van der Waals surface area contributed by atoms with Crippen LogP contribution in [0.2, 0.25) is 0 Å². The smallest absolute Gasteiger partial charge is 0.222 e. The molecule has 2 unspecified atom stereocenters. The number of hydrogen-bond acceptors (Lipinski definition) is 4. The lowest BCUT2D eigenvalue weighted by molar-refractivity contribution is -0.132. The van der Waals surface area contributed by atoms with Gasteiger partial charge in [-0.15, -0.1) is 0 Å². The Hall–Kier alpha value is -1.59. The number of aryl methyl sites for hydroxylation is 1. The number of aliphatic hydroxyl groups is 1. The number of benzene rings is 1. The fraction of sp³-hybridized carbons (Fsp3) is 0.562. The fourth-order valence-corrected chi connectivity index (χ4v) is 2.44. The van der Waals surface area contributed by atoms with E-state index in [1.165, 1.54) is 0 Å². The number of ether oxygens (including phenoxy) is 1. The summed E-state index contributed by atoms with van der Waals surface area (Å²) in [5.41, 5.74) is 1.13. The van der Waals surface area contributed by atoms with Crippen molar-refractivity contribution >= 4 is 5.91 Å². The van der Waals surface area contributed by atoms with E-state index < -0.39 is 6.10 Å². The summed E-state index contributed by atoms with van der Waals surface area (Å²) in [6.07, 6.45) is 0.840. The molecule has 1 aliphatic heterocycles. The third-order valence-electron chi connectivity index (χ3n) is 3.70. The molecule has 0 aromatic heterocycles. The van der Waals surface area contributed by atoms with Gasteiger partial charge in [-0.3, -0.25) is 4.79 Å². The van der Waals surface area contributed by atoms with Gasteiger partial charge in [-0.05, 0) is 31.0 Å². The number of hydrogen-bond donors (Lipinski definition) is 2. The van der Waals surface area contributed by atoms with Crippen molar-refractivity contribution < 1.29 is 14.6 Å². The third-order valence-corrected chi connectivity index (χ3v) is 3.70. The number of likely N-dealkylation sites (N-methyl/N-ethyl adjacent to an activating group) is 1. The molecular formula is C16H24N2O3. The highest BCUT2D eigenvalue weighted by Gasteiger charge is 2.22. The minimum absolute atomic E-state index is 0.191. The number of amides is 1. The van der Waals surface area contributed by atoms with E-state index >= 15 is 0 Å². The monoisotopic (exact) mass is 292 g/mol. The van der Waals surface area contributed by atoms with E-state index in [9.17, 15) is 9.90 Å². The highest BCUT2D eigenvalue weighted by molar-refractivity contribution is 5.76. The average molecular weight is 292 g/mol. The molecule has 116 valence electrons. The molecule has 1 saturated heterocycles. The molecule has 2 rings (SSSR count). The normalized spacial score (nSPS) is 20.4. The lowest BCUT2D eigenvalue weighted by atomic mass is 10.1. The molecule has 1 heterocycles. The molecule has 0 radical (unpaired) electrons. The van der Waals surface area contributed by atoms with Crippen LogP contribution in [-0.2, 0) is 4.79 Å². The second-order valence-electron chi connectivity index (χ2n) is 5.70. The van der Waals surface area contributed by atoms with Gasteiger partial charge < -0.3 is 20.1 Å². The number of nitrogens with one attached hydrogen (secondary N) is 1. The summed E-state index contributed by atoms with van der Waals surface area (Å²) in [5, 5.41) is 13.3. The molecule has 1 amide bonds. The van der Waals surface area contributed by atoms with Crippen molar-refractivity contribution in [3.05, 3.63) is 29.8 Å². The Bertz CT molecular complexity index is 478. The average Bonchev–Trinajstić information content (AvgIpc) is 2.46. The van der Waals surface area contributed by atoms with E-state index in [2.05, 4.69) is 5.32 Å². The summed E-state index contributed by atoms with van der Waals surface area (Å²) in [5.74, 6) is 0.966. The number of rotatable bonds is 6. The summed E-state index contributed by atoms with van der Waals surface area (Å²) in [7, 11) is 1.81. The zero-order valence-corrected chi connectivity index (χ0v) is 12.7. The molecule has 0 bridgehead atoms.